The molecule has 0 bridgehead atoms. The highest BCUT2D eigenvalue weighted by Gasteiger charge is 2.19. The minimum Gasteiger partial charge on any atom is -0.494 e. The van der Waals surface area contributed by atoms with Gasteiger partial charge >= 0.3 is 0 Å². The van der Waals surface area contributed by atoms with Crippen LogP contribution in [0.2, 0.25) is 0 Å². The Morgan fingerprint density at radius 1 is 1.12 bits per heavy atom. The van der Waals surface area contributed by atoms with E-state index < -0.39 is 0 Å². The van der Waals surface area contributed by atoms with Crippen molar-refractivity contribution in [1.29, 1.82) is 0 Å². The molecule has 0 unspecified atom stereocenters. The largest absolute Gasteiger partial charge is 0.494 e. The molecule has 0 aliphatic heterocycles. The molecule has 0 atom stereocenters. The fourth-order valence-electron chi connectivity index (χ4n) is 3.39. The fourth-order valence-corrected chi connectivity index (χ4v) is 4.96. The number of benzene rings is 2. The average Bonchev–Trinajstić information content (AvgIpc) is 3.36. The smallest absolute Gasteiger partial charge is 0.234 e. The number of rotatable bonds is 8. The normalized spacial score (nSPS) is 10.8. The molecule has 6 nitrogen and oxygen atoms in total. The number of thioether (sulfide) groups is 1. The highest BCUT2D eigenvalue weighted by atomic mass is 32.2. The van der Waals surface area contributed by atoms with E-state index in [0.29, 0.717) is 11.8 Å². The van der Waals surface area contributed by atoms with E-state index in [1.807, 2.05) is 61.0 Å². The van der Waals surface area contributed by atoms with E-state index in [0.717, 1.165) is 28.4 Å². The van der Waals surface area contributed by atoms with Crippen molar-refractivity contribution in [2.24, 2.45) is 7.05 Å². The van der Waals surface area contributed by atoms with Crippen LogP contribution in [-0.2, 0) is 11.8 Å². The lowest BCUT2D eigenvalue weighted by molar-refractivity contribution is -0.113. The van der Waals surface area contributed by atoms with Crippen molar-refractivity contribution in [3.05, 3.63) is 64.9 Å². The Bertz CT molecular complexity index is 1200. The molecule has 0 spiro atoms. The fraction of sp³-hybridized carbons (Fsp3) is 0.208. The summed E-state index contributed by atoms with van der Waals surface area (Å²) in [4.78, 5) is 13.6. The van der Waals surface area contributed by atoms with Crippen LogP contribution in [0.25, 0.3) is 22.5 Å². The summed E-state index contributed by atoms with van der Waals surface area (Å²) in [5.41, 5.74) is 4.13. The summed E-state index contributed by atoms with van der Waals surface area (Å²) in [5, 5.41) is 14.5. The molecule has 2 heterocycles. The van der Waals surface area contributed by atoms with E-state index in [1.165, 1.54) is 22.2 Å². The zero-order valence-corrected chi connectivity index (χ0v) is 19.8. The topological polar surface area (TPSA) is 69.0 Å². The maximum atomic E-state index is 12.4. The first-order chi connectivity index (χ1) is 15.6. The summed E-state index contributed by atoms with van der Waals surface area (Å²) in [6.45, 7) is 4.67. The van der Waals surface area contributed by atoms with Crippen molar-refractivity contribution >= 4 is 34.7 Å². The summed E-state index contributed by atoms with van der Waals surface area (Å²) < 4.78 is 7.37. The predicted molar refractivity (Wildman–Crippen MR) is 131 cm³/mol. The van der Waals surface area contributed by atoms with Gasteiger partial charge in [-0.05, 0) is 43.7 Å². The molecule has 1 N–H and O–H groups in total. The third-order valence-corrected chi connectivity index (χ3v) is 6.83. The highest BCUT2D eigenvalue weighted by Crippen LogP contribution is 2.38. The highest BCUT2D eigenvalue weighted by molar-refractivity contribution is 7.99. The van der Waals surface area contributed by atoms with E-state index >= 15 is 0 Å². The third-order valence-electron chi connectivity index (χ3n) is 4.89. The summed E-state index contributed by atoms with van der Waals surface area (Å²) in [6.07, 6.45) is 0. The van der Waals surface area contributed by atoms with Crippen molar-refractivity contribution in [2.75, 3.05) is 17.7 Å². The van der Waals surface area contributed by atoms with Crippen molar-refractivity contribution in [1.82, 2.24) is 14.8 Å². The number of thiophene rings is 1. The molecule has 0 aliphatic carbocycles. The number of hydrogen-bond acceptors (Lipinski definition) is 6. The number of aromatic nitrogens is 3. The van der Waals surface area contributed by atoms with Gasteiger partial charge in [0.25, 0.3) is 0 Å². The number of amides is 1. The van der Waals surface area contributed by atoms with Crippen LogP contribution in [0.15, 0.2) is 65.1 Å². The Kier molecular flexibility index (Phi) is 6.92. The number of hydrogen-bond donors (Lipinski definition) is 1. The molecule has 0 aliphatic rings. The monoisotopic (exact) mass is 464 g/mol. The van der Waals surface area contributed by atoms with Crippen molar-refractivity contribution in [2.45, 2.75) is 19.0 Å². The van der Waals surface area contributed by atoms with Crippen LogP contribution in [0.3, 0.4) is 0 Å². The van der Waals surface area contributed by atoms with Gasteiger partial charge in [-0.15, -0.1) is 21.5 Å². The summed E-state index contributed by atoms with van der Waals surface area (Å²) in [7, 11) is 1.93. The van der Waals surface area contributed by atoms with Crippen molar-refractivity contribution < 1.29 is 9.53 Å². The van der Waals surface area contributed by atoms with Crippen LogP contribution in [-0.4, -0.2) is 33.0 Å². The number of nitrogens with one attached hydrogen (secondary N) is 1. The van der Waals surface area contributed by atoms with Gasteiger partial charge in [0, 0.05) is 34.1 Å². The van der Waals surface area contributed by atoms with Gasteiger partial charge in [0.1, 0.15) is 5.75 Å². The van der Waals surface area contributed by atoms with Crippen molar-refractivity contribution in [3.8, 4) is 28.3 Å². The first-order valence-electron chi connectivity index (χ1n) is 10.3. The van der Waals surface area contributed by atoms with Gasteiger partial charge in [-0.25, -0.2) is 0 Å². The molecule has 0 saturated heterocycles. The van der Waals surface area contributed by atoms with Gasteiger partial charge in [-0.1, -0.05) is 42.1 Å². The third kappa shape index (κ3) is 4.87. The zero-order chi connectivity index (χ0) is 22.5. The van der Waals surface area contributed by atoms with E-state index in [4.69, 9.17) is 4.74 Å². The Labute approximate surface area is 195 Å². The summed E-state index contributed by atoms with van der Waals surface area (Å²) in [6, 6.07) is 17.7. The molecule has 2 aromatic carbocycles. The van der Waals surface area contributed by atoms with Crippen LogP contribution in [0.1, 0.15) is 11.8 Å². The van der Waals surface area contributed by atoms with Crippen LogP contribution >= 0.6 is 23.1 Å². The number of carbonyl (C=O) groups is 1. The lowest BCUT2D eigenvalue weighted by atomic mass is 10.0. The molecular formula is C24H24N4O2S2. The van der Waals surface area contributed by atoms with E-state index in [9.17, 15) is 4.79 Å². The van der Waals surface area contributed by atoms with E-state index in [-0.39, 0.29) is 11.7 Å². The molecule has 4 rings (SSSR count). The van der Waals surface area contributed by atoms with Crippen LogP contribution in [0.4, 0.5) is 5.69 Å². The van der Waals surface area contributed by atoms with Crippen molar-refractivity contribution in [3.63, 3.8) is 0 Å². The second kappa shape index (κ2) is 10.0. The van der Waals surface area contributed by atoms with Crippen LogP contribution in [0, 0.1) is 6.92 Å². The number of aryl methyl sites for hydroxylation is 1. The SMILES string of the molecule is CCOc1ccc(NC(=O)CSc2nnc(-c3csc(C)c3-c3ccccc3)n2C)cc1. The minimum absolute atomic E-state index is 0.0972. The number of anilines is 1. The summed E-state index contributed by atoms with van der Waals surface area (Å²) in [5.74, 6) is 1.72. The molecule has 4 aromatic rings. The Balaban J connectivity index is 1.45. The first-order valence-corrected chi connectivity index (χ1v) is 12.1. The maximum absolute atomic E-state index is 12.4. The molecule has 0 fully saturated rings. The quantitative estimate of drug-likeness (QED) is 0.341. The Morgan fingerprint density at radius 3 is 2.59 bits per heavy atom. The Morgan fingerprint density at radius 2 is 1.88 bits per heavy atom. The number of ether oxygens (including phenoxy) is 1. The molecular weight excluding hydrogens is 440 g/mol. The van der Waals surface area contributed by atoms with Gasteiger partial charge in [0.05, 0.1) is 12.4 Å². The Hall–Kier alpha value is -3.10. The van der Waals surface area contributed by atoms with Gasteiger partial charge in [-0.2, -0.15) is 0 Å². The van der Waals surface area contributed by atoms with E-state index in [2.05, 4.69) is 40.0 Å². The van der Waals surface area contributed by atoms with Crippen LogP contribution in [0.5, 0.6) is 5.75 Å². The molecule has 0 saturated carbocycles. The lowest BCUT2D eigenvalue weighted by Crippen LogP contribution is -2.14. The second-order valence-electron chi connectivity index (χ2n) is 7.11. The number of nitrogens with zero attached hydrogens (tertiary/aromatic N) is 3. The molecule has 164 valence electrons. The predicted octanol–water partition coefficient (Wildman–Crippen LogP) is 5.65. The molecule has 0 radical (unpaired) electrons. The minimum atomic E-state index is -0.0972. The summed E-state index contributed by atoms with van der Waals surface area (Å²) >= 11 is 3.07. The van der Waals surface area contributed by atoms with E-state index in [1.54, 1.807) is 11.3 Å². The maximum Gasteiger partial charge on any atom is 0.234 e. The molecule has 1 amide bonds. The first kappa shape index (κ1) is 22.1. The number of carbonyl (C=O) groups excluding carboxylic acids is 1. The lowest BCUT2D eigenvalue weighted by Gasteiger charge is -2.08. The van der Waals surface area contributed by atoms with Gasteiger partial charge in [-0.3, -0.25) is 4.79 Å². The van der Waals surface area contributed by atoms with Gasteiger partial charge in [0.15, 0.2) is 11.0 Å². The average molecular weight is 465 g/mol. The van der Waals surface area contributed by atoms with Gasteiger partial charge < -0.3 is 14.6 Å². The standard InChI is InChI=1S/C24H24N4O2S2/c1-4-30-19-12-10-18(11-13-19)25-21(29)15-32-24-27-26-23(28(24)3)20-14-31-16(2)22(20)17-8-6-5-7-9-17/h5-14H,4,15H2,1-3H3,(H,25,29). The molecule has 2 aromatic heterocycles. The van der Waals surface area contributed by atoms with Gasteiger partial charge in [0.2, 0.25) is 5.91 Å². The van der Waals surface area contributed by atoms with Crippen LogP contribution < -0.4 is 10.1 Å². The zero-order valence-electron chi connectivity index (χ0n) is 18.2. The second-order valence-corrected chi connectivity index (χ2v) is 9.13. The molecule has 32 heavy (non-hydrogen) atoms. The molecule has 8 heteroatoms.